The molecule has 0 amide bonds. The van der Waals surface area contributed by atoms with E-state index in [4.69, 9.17) is 14.8 Å². The number of hydrogen-bond donors (Lipinski definition) is 1. The number of fused-ring (bicyclic) bond motifs is 5. The first-order valence-electron chi connectivity index (χ1n) is 13.6. The number of nitrogens with zero attached hydrogens (tertiary/aromatic N) is 6. The van der Waals surface area contributed by atoms with Gasteiger partial charge in [-0.3, -0.25) is 9.69 Å². The molecule has 2 fully saturated rings. The van der Waals surface area contributed by atoms with Crippen LogP contribution in [0.2, 0.25) is 0 Å². The number of aromatic nitrogens is 4. The fourth-order valence-corrected chi connectivity index (χ4v) is 6.64. The van der Waals surface area contributed by atoms with Crippen LogP contribution in [0.25, 0.3) is 22.2 Å². The molecule has 2 aromatic carbocycles. The molecule has 4 heterocycles. The first-order chi connectivity index (χ1) is 19.8. The summed E-state index contributed by atoms with van der Waals surface area (Å²) in [4.78, 5) is 28.5. The lowest BCUT2D eigenvalue weighted by Gasteiger charge is -2.33. The van der Waals surface area contributed by atoms with Gasteiger partial charge in [-0.15, -0.1) is 0 Å². The molecular weight excluding hydrogens is 537 g/mol. The minimum Gasteiger partial charge on any atom is -0.480 e. The van der Waals surface area contributed by atoms with Crippen molar-refractivity contribution in [3.05, 3.63) is 66.0 Å². The maximum atomic E-state index is 15.4. The number of benzene rings is 2. The van der Waals surface area contributed by atoms with Crippen molar-refractivity contribution in [1.82, 2.24) is 24.4 Å². The molecule has 9 nitrogen and oxygen atoms in total. The van der Waals surface area contributed by atoms with Gasteiger partial charge in [0.15, 0.2) is 0 Å². The predicted molar refractivity (Wildman–Crippen MR) is 144 cm³/mol. The van der Waals surface area contributed by atoms with Crippen molar-refractivity contribution in [2.75, 3.05) is 37.6 Å². The van der Waals surface area contributed by atoms with E-state index in [0.717, 1.165) is 5.82 Å². The highest BCUT2D eigenvalue weighted by Gasteiger charge is 2.61. The Morgan fingerprint density at radius 2 is 1.85 bits per heavy atom. The Kier molecular flexibility index (Phi) is 6.11. The van der Waals surface area contributed by atoms with Gasteiger partial charge in [0.05, 0.1) is 23.6 Å². The van der Waals surface area contributed by atoms with Gasteiger partial charge in [0.25, 0.3) is 0 Å². The van der Waals surface area contributed by atoms with E-state index in [1.165, 1.54) is 6.07 Å². The van der Waals surface area contributed by atoms with Crippen molar-refractivity contribution >= 4 is 23.0 Å². The van der Waals surface area contributed by atoms with E-state index in [0.29, 0.717) is 65.8 Å². The highest BCUT2D eigenvalue weighted by atomic mass is 19.3. The lowest BCUT2D eigenvalue weighted by molar-refractivity contribution is -0.138. The number of halogens is 3. The summed E-state index contributed by atoms with van der Waals surface area (Å²) in [5.74, 6) is 0.834. The van der Waals surface area contributed by atoms with Crippen molar-refractivity contribution in [3.8, 4) is 16.9 Å². The number of piperazine rings is 1. The van der Waals surface area contributed by atoms with Crippen LogP contribution in [0.4, 0.5) is 19.1 Å². The van der Waals surface area contributed by atoms with E-state index >= 15 is 4.39 Å². The average Bonchev–Trinajstić information content (AvgIpc) is 3.28. The molecule has 12 heteroatoms. The number of carbonyl (C=O) groups is 1. The van der Waals surface area contributed by atoms with Crippen LogP contribution in [-0.2, 0) is 4.79 Å². The van der Waals surface area contributed by atoms with Crippen LogP contribution in [0, 0.1) is 17.7 Å². The van der Waals surface area contributed by atoms with Crippen molar-refractivity contribution in [1.29, 1.82) is 0 Å². The van der Waals surface area contributed by atoms with E-state index in [1.807, 2.05) is 26.5 Å². The molecule has 1 saturated heterocycles. The topological polar surface area (TPSA) is 96.6 Å². The Morgan fingerprint density at radius 1 is 1.12 bits per heavy atom. The summed E-state index contributed by atoms with van der Waals surface area (Å²) in [6.07, 6.45) is 3.17. The van der Waals surface area contributed by atoms with E-state index < -0.39 is 18.4 Å². The Hall–Kier alpha value is -4.19. The lowest BCUT2D eigenvalue weighted by atomic mass is 9.99. The van der Waals surface area contributed by atoms with Crippen LogP contribution in [0.3, 0.4) is 0 Å². The third-order valence-electron chi connectivity index (χ3n) is 8.61. The smallest absolute Gasteiger partial charge is 0.387 e. The monoisotopic (exact) mass is 564 g/mol. The number of carboxylic acid groups (broad SMARTS) is 1. The summed E-state index contributed by atoms with van der Waals surface area (Å²) >= 11 is 0. The van der Waals surface area contributed by atoms with Gasteiger partial charge in [-0.1, -0.05) is 25.1 Å². The van der Waals surface area contributed by atoms with Crippen molar-refractivity contribution < 1.29 is 27.8 Å². The largest absolute Gasteiger partial charge is 0.480 e. The molecule has 41 heavy (non-hydrogen) atoms. The molecular formula is C29H27F3N6O3. The van der Waals surface area contributed by atoms with E-state index in [-0.39, 0.29) is 30.2 Å². The molecule has 2 aromatic heterocycles. The molecule has 3 aliphatic rings. The summed E-state index contributed by atoms with van der Waals surface area (Å²) in [5, 5.41) is 9.01. The van der Waals surface area contributed by atoms with Gasteiger partial charge in [0.2, 0.25) is 5.95 Å². The van der Waals surface area contributed by atoms with Crippen molar-refractivity contribution in [2.24, 2.45) is 11.8 Å². The summed E-state index contributed by atoms with van der Waals surface area (Å²) in [7, 11) is 0. The number of hydrogen-bond acceptors (Lipinski definition) is 7. The average molecular weight is 565 g/mol. The van der Waals surface area contributed by atoms with Crippen LogP contribution < -0.4 is 9.64 Å². The summed E-state index contributed by atoms with van der Waals surface area (Å²) in [6.45, 7) is 1.53. The number of carboxylic acids is 1. The first-order valence-corrected chi connectivity index (χ1v) is 13.6. The number of aliphatic carboxylic acids is 1. The van der Waals surface area contributed by atoms with Gasteiger partial charge >= 0.3 is 12.6 Å². The molecule has 1 N–H and O–H groups in total. The van der Waals surface area contributed by atoms with Crippen molar-refractivity contribution in [3.63, 3.8) is 0 Å². The number of rotatable bonds is 7. The van der Waals surface area contributed by atoms with Gasteiger partial charge in [0, 0.05) is 67.2 Å². The Balaban J connectivity index is 1.22. The fraction of sp³-hybridized carbons (Fsp3) is 0.379. The molecule has 7 rings (SSSR count). The minimum atomic E-state index is -2.94. The van der Waals surface area contributed by atoms with Crippen LogP contribution in [0.5, 0.6) is 5.75 Å². The van der Waals surface area contributed by atoms with Crippen molar-refractivity contribution in [2.45, 2.75) is 25.5 Å². The number of para-hydroxylation sites is 1. The quantitative estimate of drug-likeness (QED) is 0.353. The second-order valence-electron chi connectivity index (χ2n) is 10.9. The zero-order valence-electron chi connectivity index (χ0n) is 22.1. The normalized spacial score (nSPS) is 23.6. The molecule has 4 aromatic rings. The molecule has 2 aliphatic heterocycles. The minimum absolute atomic E-state index is 0.000220. The van der Waals surface area contributed by atoms with Gasteiger partial charge in [-0.2, -0.15) is 8.78 Å². The number of imidazole rings is 1. The SMILES string of the molecule is C[C@@H]1[C@@H]2c3nc4cc(F)c(-c5cnc(N6CCN(CC(=O)O)CC6)nc5)cc4n3[C@H](c3ccccc3OC(F)F)[C@H]12. The molecule has 1 aliphatic carbocycles. The van der Waals surface area contributed by atoms with Gasteiger partial charge in [-0.05, 0) is 24.0 Å². The Morgan fingerprint density at radius 3 is 2.56 bits per heavy atom. The summed E-state index contributed by atoms with van der Waals surface area (Å²) in [6, 6.07) is 9.73. The number of anilines is 1. The van der Waals surface area contributed by atoms with Crippen LogP contribution >= 0.6 is 0 Å². The van der Waals surface area contributed by atoms with Gasteiger partial charge < -0.3 is 19.3 Å². The second kappa shape index (κ2) is 9.72. The predicted octanol–water partition coefficient (Wildman–Crippen LogP) is 4.39. The van der Waals surface area contributed by atoms with E-state index in [2.05, 4.69) is 16.9 Å². The van der Waals surface area contributed by atoms with Crippen LogP contribution in [0.1, 0.15) is 30.3 Å². The molecule has 0 spiro atoms. The first kappa shape index (κ1) is 25.8. The van der Waals surface area contributed by atoms with Crippen LogP contribution in [-0.4, -0.2) is 74.8 Å². The van der Waals surface area contributed by atoms with E-state index in [9.17, 15) is 13.6 Å². The zero-order chi connectivity index (χ0) is 28.4. The summed E-state index contributed by atoms with van der Waals surface area (Å²) < 4.78 is 48.8. The fourth-order valence-electron chi connectivity index (χ4n) is 6.64. The van der Waals surface area contributed by atoms with Gasteiger partial charge in [-0.25, -0.2) is 19.3 Å². The highest BCUT2D eigenvalue weighted by molar-refractivity contribution is 5.84. The summed E-state index contributed by atoms with van der Waals surface area (Å²) in [5.41, 5.74) is 2.71. The molecule has 1 saturated carbocycles. The maximum absolute atomic E-state index is 15.4. The molecule has 0 bridgehead atoms. The van der Waals surface area contributed by atoms with Crippen LogP contribution in [0.15, 0.2) is 48.8 Å². The Bertz CT molecular complexity index is 1640. The van der Waals surface area contributed by atoms with Gasteiger partial charge in [0.1, 0.15) is 17.4 Å². The zero-order valence-corrected chi connectivity index (χ0v) is 22.1. The third kappa shape index (κ3) is 4.37. The second-order valence-corrected chi connectivity index (χ2v) is 10.9. The molecule has 4 atom stereocenters. The third-order valence-corrected chi connectivity index (χ3v) is 8.61. The number of ether oxygens (including phenoxy) is 1. The molecule has 0 radical (unpaired) electrons. The lowest BCUT2D eigenvalue weighted by Crippen LogP contribution is -2.48. The van der Waals surface area contributed by atoms with E-state index in [1.54, 1.807) is 30.6 Å². The number of alkyl halides is 2. The highest BCUT2D eigenvalue weighted by Crippen LogP contribution is 2.66. The standard InChI is InChI=1S/C29H27F3N6O3/c1-15-24-25(15)27-35-20-11-19(30)18(10-21(20)38(27)26(24)17-4-2-3-5-22(17)41-28(31)32)16-12-33-29(34-13-16)37-8-6-36(7-9-37)14-23(39)40/h2-5,10-13,15,24-26,28H,6-9,14H2,1H3,(H,39,40)/t15-,24+,25-,26+/m0/s1. The molecule has 212 valence electrons. The Labute approximate surface area is 233 Å². The maximum Gasteiger partial charge on any atom is 0.387 e. The molecule has 0 unspecified atom stereocenters.